The highest BCUT2D eigenvalue weighted by Crippen LogP contribution is 2.21. The van der Waals surface area contributed by atoms with E-state index in [-0.39, 0.29) is 0 Å². The Morgan fingerprint density at radius 3 is 3.00 bits per heavy atom. The van der Waals surface area contributed by atoms with E-state index in [1.165, 1.54) is 0 Å². The van der Waals surface area contributed by atoms with Crippen LogP contribution in [0.25, 0.3) is 10.8 Å². The Labute approximate surface area is 82.4 Å². The first-order valence-electron chi connectivity index (χ1n) is 4.52. The number of phenols is 1. The van der Waals surface area contributed by atoms with Gasteiger partial charge in [0.25, 0.3) is 0 Å². The highest BCUT2D eigenvalue weighted by atomic mass is 16.3. The van der Waals surface area contributed by atoms with Gasteiger partial charge in [0, 0.05) is 18.1 Å². The average Bonchev–Trinajstić information content (AvgIpc) is 2.18. The molecule has 0 radical (unpaired) electrons. The van der Waals surface area contributed by atoms with E-state index < -0.39 is 0 Å². The molecule has 0 fully saturated rings. The topological polar surface area (TPSA) is 45.2 Å². The summed E-state index contributed by atoms with van der Waals surface area (Å²) in [5.41, 5.74) is 1.00. The molecule has 14 heavy (non-hydrogen) atoms. The van der Waals surface area contributed by atoms with E-state index in [0.29, 0.717) is 5.75 Å². The van der Waals surface area contributed by atoms with Gasteiger partial charge in [0.15, 0.2) is 0 Å². The van der Waals surface area contributed by atoms with Gasteiger partial charge < -0.3 is 10.4 Å². The van der Waals surface area contributed by atoms with Crippen molar-refractivity contribution in [2.24, 2.45) is 0 Å². The summed E-state index contributed by atoms with van der Waals surface area (Å²) in [6, 6.07) is 7.22. The Balaban J connectivity index is 2.62. The van der Waals surface area contributed by atoms with Crippen LogP contribution in [0.5, 0.6) is 5.75 Å². The Morgan fingerprint density at radius 1 is 1.36 bits per heavy atom. The molecule has 0 unspecified atom stereocenters. The molecule has 0 aliphatic heterocycles. The molecule has 72 valence electrons. The molecule has 0 atom stereocenters. The summed E-state index contributed by atoms with van der Waals surface area (Å²) in [4.78, 5) is 4.28. The van der Waals surface area contributed by atoms with Gasteiger partial charge in [-0.3, -0.25) is 4.98 Å². The normalized spacial score (nSPS) is 10.6. The standard InChI is InChI=1S/C11H12N2O/c1-12-7-11-10-3-2-9(14)6-8(10)4-5-13-11/h2-6,12,14H,7H2,1H3. The van der Waals surface area contributed by atoms with Crippen LogP contribution in [0.1, 0.15) is 5.69 Å². The van der Waals surface area contributed by atoms with Gasteiger partial charge in [-0.15, -0.1) is 0 Å². The summed E-state index contributed by atoms with van der Waals surface area (Å²) in [6.07, 6.45) is 1.76. The molecule has 3 heteroatoms. The fraction of sp³-hybridized carbons (Fsp3) is 0.182. The lowest BCUT2D eigenvalue weighted by Crippen LogP contribution is -2.07. The van der Waals surface area contributed by atoms with Crippen molar-refractivity contribution in [1.29, 1.82) is 0 Å². The van der Waals surface area contributed by atoms with Crippen LogP contribution in [0.3, 0.4) is 0 Å². The quantitative estimate of drug-likeness (QED) is 0.753. The molecule has 0 saturated carbocycles. The number of pyridine rings is 1. The first-order chi connectivity index (χ1) is 6.81. The molecular weight excluding hydrogens is 176 g/mol. The summed E-state index contributed by atoms with van der Waals surface area (Å²) in [7, 11) is 1.89. The summed E-state index contributed by atoms with van der Waals surface area (Å²) in [6.45, 7) is 0.738. The summed E-state index contributed by atoms with van der Waals surface area (Å²) < 4.78 is 0. The van der Waals surface area contributed by atoms with E-state index in [0.717, 1.165) is 23.0 Å². The van der Waals surface area contributed by atoms with Crippen LogP contribution in [0.4, 0.5) is 0 Å². The van der Waals surface area contributed by atoms with Crippen LogP contribution < -0.4 is 5.32 Å². The van der Waals surface area contributed by atoms with Gasteiger partial charge in [0.1, 0.15) is 5.75 Å². The maximum Gasteiger partial charge on any atom is 0.116 e. The van der Waals surface area contributed by atoms with Gasteiger partial charge in [0.2, 0.25) is 0 Å². The first-order valence-corrected chi connectivity index (χ1v) is 4.52. The lowest BCUT2D eigenvalue weighted by Gasteiger charge is -2.04. The number of rotatable bonds is 2. The van der Waals surface area contributed by atoms with Crippen molar-refractivity contribution < 1.29 is 5.11 Å². The third-order valence-electron chi connectivity index (χ3n) is 2.17. The molecular formula is C11H12N2O. The third kappa shape index (κ3) is 1.54. The van der Waals surface area contributed by atoms with E-state index in [4.69, 9.17) is 0 Å². The number of hydrogen-bond acceptors (Lipinski definition) is 3. The van der Waals surface area contributed by atoms with Crippen LogP contribution in [-0.4, -0.2) is 17.1 Å². The van der Waals surface area contributed by atoms with Gasteiger partial charge in [-0.05, 0) is 36.7 Å². The van der Waals surface area contributed by atoms with Crippen molar-refractivity contribution in [1.82, 2.24) is 10.3 Å². The number of aromatic nitrogens is 1. The average molecular weight is 188 g/mol. The molecule has 0 amide bonds. The zero-order valence-corrected chi connectivity index (χ0v) is 7.99. The monoisotopic (exact) mass is 188 g/mol. The minimum atomic E-state index is 0.291. The fourth-order valence-corrected chi connectivity index (χ4v) is 1.54. The van der Waals surface area contributed by atoms with Gasteiger partial charge in [-0.1, -0.05) is 0 Å². The molecule has 1 heterocycles. The number of fused-ring (bicyclic) bond motifs is 1. The fourth-order valence-electron chi connectivity index (χ4n) is 1.54. The van der Waals surface area contributed by atoms with Gasteiger partial charge in [-0.25, -0.2) is 0 Å². The summed E-state index contributed by atoms with van der Waals surface area (Å²) >= 11 is 0. The number of nitrogens with one attached hydrogen (secondary N) is 1. The molecule has 1 aromatic heterocycles. The second-order valence-corrected chi connectivity index (χ2v) is 3.19. The molecule has 0 spiro atoms. The van der Waals surface area contributed by atoms with E-state index in [9.17, 15) is 5.11 Å². The molecule has 0 saturated heterocycles. The van der Waals surface area contributed by atoms with Gasteiger partial charge >= 0.3 is 0 Å². The molecule has 2 aromatic rings. The van der Waals surface area contributed by atoms with Crippen molar-refractivity contribution in [3.63, 3.8) is 0 Å². The maximum absolute atomic E-state index is 9.32. The van der Waals surface area contributed by atoms with Crippen LogP contribution in [0.2, 0.25) is 0 Å². The zero-order valence-electron chi connectivity index (χ0n) is 7.99. The van der Waals surface area contributed by atoms with E-state index in [1.807, 2.05) is 19.2 Å². The van der Waals surface area contributed by atoms with Crippen molar-refractivity contribution in [3.8, 4) is 5.75 Å². The molecule has 0 bridgehead atoms. The number of benzene rings is 1. The van der Waals surface area contributed by atoms with Crippen molar-refractivity contribution in [3.05, 3.63) is 36.2 Å². The number of nitrogens with zero attached hydrogens (tertiary/aromatic N) is 1. The predicted octanol–water partition coefficient (Wildman–Crippen LogP) is 1.66. The SMILES string of the molecule is CNCc1nccc2cc(O)ccc12. The Hall–Kier alpha value is -1.61. The van der Waals surface area contributed by atoms with Crippen molar-refractivity contribution >= 4 is 10.8 Å². The van der Waals surface area contributed by atoms with Gasteiger partial charge in [0.05, 0.1) is 5.69 Å². The van der Waals surface area contributed by atoms with Crippen LogP contribution in [-0.2, 0) is 6.54 Å². The van der Waals surface area contributed by atoms with E-state index >= 15 is 0 Å². The Bertz CT molecular complexity index is 454. The minimum absolute atomic E-state index is 0.291. The lowest BCUT2D eigenvalue weighted by atomic mass is 10.1. The van der Waals surface area contributed by atoms with Crippen molar-refractivity contribution in [2.45, 2.75) is 6.54 Å². The number of hydrogen-bond donors (Lipinski definition) is 2. The molecule has 0 aliphatic carbocycles. The number of aromatic hydroxyl groups is 1. The van der Waals surface area contributed by atoms with Gasteiger partial charge in [-0.2, -0.15) is 0 Å². The van der Waals surface area contributed by atoms with Crippen molar-refractivity contribution in [2.75, 3.05) is 7.05 Å². The molecule has 0 aliphatic rings. The van der Waals surface area contributed by atoms with E-state index in [2.05, 4.69) is 10.3 Å². The third-order valence-corrected chi connectivity index (χ3v) is 2.17. The van der Waals surface area contributed by atoms with Crippen LogP contribution >= 0.6 is 0 Å². The zero-order chi connectivity index (χ0) is 9.97. The summed E-state index contributed by atoms with van der Waals surface area (Å²) in [5.74, 6) is 0.291. The first kappa shape index (κ1) is 8.97. The smallest absolute Gasteiger partial charge is 0.116 e. The second-order valence-electron chi connectivity index (χ2n) is 3.19. The number of phenolic OH excluding ortho intramolecular Hbond substituents is 1. The highest BCUT2D eigenvalue weighted by Gasteiger charge is 2.01. The Kier molecular flexibility index (Phi) is 2.33. The molecule has 2 N–H and O–H groups in total. The lowest BCUT2D eigenvalue weighted by molar-refractivity contribution is 0.476. The molecule has 3 nitrogen and oxygen atoms in total. The minimum Gasteiger partial charge on any atom is -0.508 e. The predicted molar refractivity (Wildman–Crippen MR) is 56.2 cm³/mol. The summed E-state index contributed by atoms with van der Waals surface area (Å²) in [5, 5.41) is 14.5. The molecule has 1 aromatic carbocycles. The maximum atomic E-state index is 9.32. The highest BCUT2D eigenvalue weighted by molar-refractivity contribution is 5.85. The van der Waals surface area contributed by atoms with Crippen LogP contribution in [0, 0.1) is 0 Å². The Morgan fingerprint density at radius 2 is 2.21 bits per heavy atom. The second kappa shape index (κ2) is 3.64. The largest absolute Gasteiger partial charge is 0.508 e. The molecule has 2 rings (SSSR count). The van der Waals surface area contributed by atoms with E-state index in [1.54, 1.807) is 18.3 Å². The van der Waals surface area contributed by atoms with Crippen LogP contribution in [0.15, 0.2) is 30.5 Å².